The third-order valence-corrected chi connectivity index (χ3v) is 2.36. The molecular formula is C12H14NNaO10. The predicted molar refractivity (Wildman–Crippen MR) is 73.0 cm³/mol. The molecule has 0 radical (unpaired) electrons. The van der Waals surface area contributed by atoms with Gasteiger partial charge in [0, 0.05) is 6.07 Å². The number of phenolic OH excluding ortho intramolecular Hbond substituents is 1. The van der Waals surface area contributed by atoms with Crippen molar-refractivity contribution in [1.29, 1.82) is 0 Å². The minimum atomic E-state index is -2.74. The summed E-state index contributed by atoms with van der Waals surface area (Å²) in [5.74, 6) is -5.32. The largest absolute Gasteiger partial charge is 1.00 e. The van der Waals surface area contributed by atoms with Gasteiger partial charge in [-0.25, -0.2) is 4.79 Å². The summed E-state index contributed by atoms with van der Waals surface area (Å²) in [6, 6.07) is 5.55. The van der Waals surface area contributed by atoms with Crippen LogP contribution in [-0.4, -0.2) is 54.0 Å². The second-order valence-electron chi connectivity index (χ2n) is 4.22. The molecule has 1 aromatic carbocycles. The number of nitro groups is 1. The van der Waals surface area contributed by atoms with Crippen LogP contribution in [0.5, 0.6) is 5.75 Å². The maximum Gasteiger partial charge on any atom is 1.00 e. The van der Waals surface area contributed by atoms with E-state index in [2.05, 4.69) is 0 Å². The molecule has 0 atom stereocenters. The molecule has 0 aliphatic carbocycles. The SMILES string of the molecule is O=C(O)CC(O)(CC(=O)O)C(=O)O.O=[N+]([O-])c1ccccc1O.[H-].[Na+]. The molecule has 0 bridgehead atoms. The number of carbonyl (C=O) groups is 3. The minimum absolute atomic E-state index is 0. The second kappa shape index (κ2) is 10.5. The zero-order chi connectivity index (χ0) is 18.2. The van der Waals surface area contributed by atoms with E-state index in [1.54, 1.807) is 0 Å². The molecule has 0 aliphatic heterocycles. The van der Waals surface area contributed by atoms with Crippen LogP contribution in [-0.2, 0) is 14.4 Å². The van der Waals surface area contributed by atoms with E-state index < -0.39 is 41.3 Å². The zero-order valence-electron chi connectivity index (χ0n) is 13.4. The van der Waals surface area contributed by atoms with E-state index in [1.165, 1.54) is 24.3 Å². The van der Waals surface area contributed by atoms with Gasteiger partial charge in [-0.1, -0.05) is 12.1 Å². The third-order valence-electron chi connectivity index (χ3n) is 2.36. The van der Waals surface area contributed by atoms with Crippen LogP contribution >= 0.6 is 0 Å². The van der Waals surface area contributed by atoms with E-state index in [-0.39, 0.29) is 42.4 Å². The maximum atomic E-state index is 10.3. The van der Waals surface area contributed by atoms with Crippen molar-refractivity contribution >= 4 is 23.6 Å². The molecule has 11 nitrogen and oxygen atoms in total. The molecule has 0 amide bonds. The number of carboxylic acid groups (broad SMARTS) is 3. The number of nitrogens with zero attached hydrogens (tertiary/aromatic N) is 1. The average Bonchev–Trinajstić information content (AvgIpc) is 2.37. The topological polar surface area (TPSA) is 195 Å². The van der Waals surface area contributed by atoms with Gasteiger partial charge in [0.1, 0.15) is 0 Å². The molecule has 12 heteroatoms. The van der Waals surface area contributed by atoms with Crippen LogP contribution in [0.4, 0.5) is 5.69 Å². The van der Waals surface area contributed by atoms with E-state index in [9.17, 15) is 24.5 Å². The van der Waals surface area contributed by atoms with Crippen molar-refractivity contribution in [2.24, 2.45) is 0 Å². The van der Waals surface area contributed by atoms with Crippen molar-refractivity contribution < 1.29 is 75.8 Å². The number of hydrogen-bond acceptors (Lipinski definition) is 7. The Morgan fingerprint density at radius 2 is 1.50 bits per heavy atom. The smallest absolute Gasteiger partial charge is 1.00 e. The van der Waals surface area contributed by atoms with Crippen LogP contribution in [0.15, 0.2) is 24.3 Å². The van der Waals surface area contributed by atoms with E-state index in [4.69, 9.17) is 25.5 Å². The van der Waals surface area contributed by atoms with Gasteiger partial charge in [0.2, 0.25) is 0 Å². The average molecular weight is 355 g/mol. The number of aromatic hydroxyl groups is 1. The Morgan fingerprint density at radius 1 is 1.08 bits per heavy atom. The Morgan fingerprint density at radius 3 is 1.75 bits per heavy atom. The summed E-state index contributed by atoms with van der Waals surface area (Å²) in [4.78, 5) is 39.9. The van der Waals surface area contributed by atoms with Gasteiger partial charge in [-0.3, -0.25) is 19.7 Å². The Bertz CT molecular complexity index is 608. The fourth-order valence-corrected chi connectivity index (χ4v) is 1.33. The quantitative estimate of drug-likeness (QED) is 0.201. The summed E-state index contributed by atoms with van der Waals surface area (Å²) >= 11 is 0. The first kappa shape index (κ1) is 24.0. The standard InChI is InChI=1S/C6H5NO3.C6H8O7.Na.H/c8-6-4-2-1-3-5(6)7(9)10;7-3(8)1-6(13,5(11)12)2-4(9)10;;/h1-4,8H;13H,1-2H2,(H,7,8)(H,9,10)(H,11,12);;/q;;+1;-1. The molecule has 0 fully saturated rings. The Hall–Kier alpha value is -2.21. The van der Waals surface area contributed by atoms with E-state index in [1.807, 2.05) is 0 Å². The summed E-state index contributed by atoms with van der Waals surface area (Å²) in [7, 11) is 0. The molecule has 0 aromatic heterocycles. The van der Waals surface area contributed by atoms with Crippen molar-refractivity contribution in [3.63, 3.8) is 0 Å². The van der Waals surface area contributed by atoms with Gasteiger partial charge in [0.05, 0.1) is 17.8 Å². The van der Waals surface area contributed by atoms with Crippen LogP contribution in [0.25, 0.3) is 0 Å². The Kier molecular flexibility index (Phi) is 10.6. The molecular weight excluding hydrogens is 341 g/mol. The van der Waals surface area contributed by atoms with Gasteiger partial charge >= 0.3 is 53.2 Å². The molecule has 0 aliphatic rings. The fraction of sp³-hybridized carbons (Fsp3) is 0.250. The number of para-hydroxylation sites is 2. The van der Waals surface area contributed by atoms with Gasteiger partial charge in [-0.05, 0) is 6.07 Å². The van der Waals surface area contributed by atoms with Crippen LogP contribution in [0.3, 0.4) is 0 Å². The van der Waals surface area contributed by atoms with Crippen molar-refractivity contribution in [3.05, 3.63) is 34.4 Å². The third kappa shape index (κ3) is 8.43. The number of carboxylic acids is 3. The Labute approximate surface area is 158 Å². The summed E-state index contributed by atoms with van der Waals surface area (Å²) < 4.78 is 0. The van der Waals surface area contributed by atoms with E-state index in [0.29, 0.717) is 0 Å². The molecule has 0 saturated carbocycles. The predicted octanol–water partition coefficient (Wildman–Crippen LogP) is -2.83. The summed E-state index contributed by atoms with van der Waals surface area (Å²) in [5, 5.41) is 52.7. The fourth-order valence-electron chi connectivity index (χ4n) is 1.33. The number of benzene rings is 1. The number of aliphatic hydroxyl groups is 1. The molecule has 24 heavy (non-hydrogen) atoms. The molecule has 0 unspecified atom stereocenters. The normalized spacial score (nSPS) is 9.71. The summed E-state index contributed by atoms with van der Waals surface area (Å²) in [6.45, 7) is 0. The van der Waals surface area contributed by atoms with Crippen molar-refractivity contribution in [2.75, 3.05) is 0 Å². The van der Waals surface area contributed by atoms with Crippen LogP contribution < -0.4 is 29.6 Å². The maximum absolute atomic E-state index is 10.3. The minimum Gasteiger partial charge on any atom is -1.00 e. The molecule has 0 heterocycles. The van der Waals surface area contributed by atoms with Gasteiger partial charge in [0.25, 0.3) is 0 Å². The van der Waals surface area contributed by atoms with Gasteiger partial charge in [-0.15, -0.1) is 0 Å². The first-order chi connectivity index (χ1) is 10.5. The number of rotatable bonds is 6. The summed E-state index contributed by atoms with van der Waals surface area (Å²) in [6.07, 6.45) is -2.29. The number of phenols is 1. The van der Waals surface area contributed by atoms with Crippen LogP contribution in [0, 0.1) is 10.1 Å². The van der Waals surface area contributed by atoms with Crippen molar-refractivity contribution in [3.8, 4) is 5.75 Å². The molecule has 0 spiro atoms. The van der Waals surface area contributed by atoms with Gasteiger partial charge in [0.15, 0.2) is 11.4 Å². The van der Waals surface area contributed by atoms with Gasteiger partial charge in [-0.2, -0.15) is 0 Å². The number of hydrogen-bond donors (Lipinski definition) is 5. The Balaban J connectivity index is -0.000000367. The first-order valence-corrected chi connectivity index (χ1v) is 5.81. The monoisotopic (exact) mass is 355 g/mol. The van der Waals surface area contributed by atoms with Crippen molar-refractivity contribution in [1.82, 2.24) is 0 Å². The number of aliphatic carboxylic acids is 3. The first-order valence-electron chi connectivity index (χ1n) is 5.81. The molecule has 1 rings (SSSR count). The molecule has 0 saturated heterocycles. The number of nitro benzene ring substituents is 1. The van der Waals surface area contributed by atoms with Crippen molar-refractivity contribution in [2.45, 2.75) is 18.4 Å². The zero-order valence-corrected chi connectivity index (χ0v) is 14.4. The molecule has 5 N–H and O–H groups in total. The van der Waals surface area contributed by atoms with E-state index in [0.717, 1.165) is 0 Å². The second-order valence-corrected chi connectivity index (χ2v) is 4.22. The van der Waals surface area contributed by atoms with Crippen LogP contribution in [0.2, 0.25) is 0 Å². The molecule has 128 valence electrons. The van der Waals surface area contributed by atoms with Crippen LogP contribution in [0.1, 0.15) is 14.3 Å². The molecule has 1 aromatic rings. The van der Waals surface area contributed by atoms with E-state index >= 15 is 0 Å². The summed E-state index contributed by atoms with van der Waals surface area (Å²) in [5.41, 5.74) is -3.00. The van der Waals surface area contributed by atoms with Gasteiger partial charge < -0.3 is 27.0 Å².